The normalized spacial score (nSPS) is 18.7. The average Bonchev–Trinajstić information content (AvgIpc) is 3.11. The van der Waals surface area contributed by atoms with Crippen molar-refractivity contribution in [2.75, 3.05) is 40.4 Å². The third-order valence-corrected chi connectivity index (χ3v) is 10.8. The highest BCUT2D eigenvalue weighted by Gasteiger charge is 2.33. The van der Waals surface area contributed by atoms with E-state index in [1.165, 1.54) is 16.7 Å². The first-order chi connectivity index (χ1) is 24.2. The van der Waals surface area contributed by atoms with Crippen molar-refractivity contribution in [2.45, 2.75) is 86.5 Å². The van der Waals surface area contributed by atoms with Gasteiger partial charge in [-0.05, 0) is 79.0 Å². The van der Waals surface area contributed by atoms with Crippen LogP contribution in [0.15, 0.2) is 53.0 Å². The molecule has 1 unspecified atom stereocenters. The summed E-state index contributed by atoms with van der Waals surface area (Å²) in [4.78, 5) is 33.0. The molecule has 2 aliphatic heterocycles. The highest BCUT2D eigenvalue weighted by Crippen LogP contribution is 2.38. The quantitative estimate of drug-likeness (QED) is 0.182. The Morgan fingerprint density at radius 1 is 1.04 bits per heavy atom. The van der Waals surface area contributed by atoms with Gasteiger partial charge in [0.1, 0.15) is 23.1 Å². The summed E-state index contributed by atoms with van der Waals surface area (Å²) in [5.74, 6) is 1.37. The molecule has 0 aliphatic carbocycles. The minimum atomic E-state index is -0.252. The van der Waals surface area contributed by atoms with Crippen molar-refractivity contribution in [1.82, 2.24) is 19.3 Å². The van der Waals surface area contributed by atoms with Crippen LogP contribution in [0.5, 0.6) is 11.5 Å². The molecular weight excluding hydrogens is 638 g/mol. The van der Waals surface area contributed by atoms with Crippen molar-refractivity contribution in [1.29, 1.82) is 5.26 Å². The number of nitrogens with zero attached hydrogens (tertiary/aromatic N) is 5. The Hall–Kier alpha value is -4.39. The van der Waals surface area contributed by atoms with Gasteiger partial charge >= 0.3 is 0 Å². The van der Waals surface area contributed by atoms with Gasteiger partial charge in [-0.1, -0.05) is 52.0 Å². The molecule has 272 valence electrons. The van der Waals surface area contributed by atoms with Crippen molar-refractivity contribution in [2.24, 2.45) is 12.5 Å². The van der Waals surface area contributed by atoms with Crippen molar-refractivity contribution in [3.05, 3.63) is 91.9 Å². The predicted molar refractivity (Wildman–Crippen MR) is 203 cm³/mol. The van der Waals surface area contributed by atoms with Crippen LogP contribution in [-0.2, 0) is 31.4 Å². The number of amides is 1. The van der Waals surface area contributed by atoms with E-state index in [1.807, 2.05) is 45.7 Å². The number of hydrogen-bond donors (Lipinski definition) is 0. The van der Waals surface area contributed by atoms with E-state index in [2.05, 4.69) is 60.0 Å². The van der Waals surface area contributed by atoms with Crippen molar-refractivity contribution >= 4 is 5.91 Å². The molecule has 2 atom stereocenters. The molecule has 0 bridgehead atoms. The SMILES string of the molecule is CC[C@@H]1CN(Cc2cccc3c2CCN(C(=O)/C(C#N)=C/C(C)(C)C)C3C)CCN1Cc1c(OC)cc(-c2cn(C)c(=O)c(C)c2C)cc1OC. The van der Waals surface area contributed by atoms with Gasteiger partial charge in [-0.25, -0.2) is 0 Å². The topological polar surface area (TPSA) is 91.0 Å². The minimum absolute atomic E-state index is 0.0104. The van der Waals surface area contributed by atoms with Crippen LogP contribution in [0.2, 0.25) is 0 Å². The predicted octanol–water partition coefficient (Wildman–Crippen LogP) is 6.72. The number of allylic oxidation sites excluding steroid dienone is 1. The number of benzene rings is 2. The second kappa shape index (κ2) is 15.5. The third-order valence-electron chi connectivity index (χ3n) is 10.8. The molecule has 0 saturated carbocycles. The zero-order valence-corrected chi connectivity index (χ0v) is 32.2. The standard InChI is InChI=1S/C42H55N5O4/c1-11-33-24-45(23-30-13-12-14-34-29(4)47(16-15-35(30)34)41(49)32(22-43)21-42(5,6)7)17-18-46(33)26-37-38(50-9)19-31(20-39(37)51-10)36-25-44(8)40(48)28(3)27(36)2/h12-14,19-21,25,29,33H,11,15-18,23-24,26H2,1-10H3/b32-21+/t29?,33-/m1/s1. The maximum absolute atomic E-state index is 13.5. The number of fused-ring (bicyclic) bond motifs is 1. The summed E-state index contributed by atoms with van der Waals surface area (Å²) in [6.45, 7) is 19.2. The number of rotatable bonds is 9. The lowest BCUT2D eigenvalue weighted by Crippen LogP contribution is -2.52. The number of hydrogen-bond acceptors (Lipinski definition) is 7. The average molecular weight is 694 g/mol. The van der Waals surface area contributed by atoms with Crippen LogP contribution in [0.4, 0.5) is 0 Å². The number of ether oxygens (including phenoxy) is 2. The van der Waals surface area contributed by atoms with E-state index in [-0.39, 0.29) is 28.5 Å². The van der Waals surface area contributed by atoms with E-state index in [0.717, 1.165) is 78.3 Å². The molecule has 3 heterocycles. The van der Waals surface area contributed by atoms with Crippen LogP contribution in [0.25, 0.3) is 11.1 Å². The first kappa shape index (κ1) is 37.9. The lowest BCUT2D eigenvalue weighted by molar-refractivity contribution is -0.129. The molecule has 5 rings (SSSR count). The number of carbonyl (C=O) groups is 1. The Kier molecular flexibility index (Phi) is 11.5. The lowest BCUT2D eigenvalue weighted by Gasteiger charge is -2.42. The first-order valence-corrected chi connectivity index (χ1v) is 18.1. The molecule has 1 aromatic heterocycles. The Morgan fingerprint density at radius 3 is 2.33 bits per heavy atom. The van der Waals surface area contributed by atoms with Crippen LogP contribution in [0.3, 0.4) is 0 Å². The van der Waals surface area contributed by atoms with Gasteiger partial charge in [-0.3, -0.25) is 19.4 Å². The monoisotopic (exact) mass is 693 g/mol. The minimum Gasteiger partial charge on any atom is -0.496 e. The number of methoxy groups -OCH3 is 2. The summed E-state index contributed by atoms with van der Waals surface area (Å²) in [7, 11) is 5.20. The number of pyridine rings is 1. The van der Waals surface area contributed by atoms with Crippen LogP contribution < -0.4 is 15.0 Å². The fraction of sp³-hybridized carbons (Fsp3) is 0.500. The summed E-state index contributed by atoms with van der Waals surface area (Å²) in [5.41, 5.74) is 8.48. The van der Waals surface area contributed by atoms with E-state index in [9.17, 15) is 14.9 Å². The van der Waals surface area contributed by atoms with Gasteiger partial charge in [-0.15, -0.1) is 0 Å². The fourth-order valence-electron chi connectivity index (χ4n) is 7.80. The molecule has 2 aromatic carbocycles. The molecule has 3 aromatic rings. The molecular formula is C42H55N5O4. The molecule has 9 heteroatoms. The molecule has 1 fully saturated rings. The van der Waals surface area contributed by atoms with Crippen LogP contribution in [-0.4, -0.2) is 71.6 Å². The maximum atomic E-state index is 13.5. The summed E-state index contributed by atoms with van der Waals surface area (Å²) in [6.07, 6.45) is 5.47. The van der Waals surface area contributed by atoms with Crippen molar-refractivity contribution in [3.8, 4) is 28.7 Å². The molecule has 2 aliphatic rings. The van der Waals surface area contributed by atoms with Gasteiger partial charge in [0.2, 0.25) is 0 Å². The highest BCUT2D eigenvalue weighted by atomic mass is 16.5. The molecule has 9 nitrogen and oxygen atoms in total. The molecule has 1 amide bonds. The number of aromatic nitrogens is 1. The summed E-state index contributed by atoms with van der Waals surface area (Å²) in [6, 6.07) is 13.0. The van der Waals surface area contributed by atoms with E-state index in [0.29, 0.717) is 19.1 Å². The molecule has 1 saturated heterocycles. The second-order valence-corrected chi connectivity index (χ2v) is 15.3. The Labute approximate surface area is 304 Å². The number of carbonyl (C=O) groups excluding carboxylic acids is 1. The van der Waals surface area contributed by atoms with E-state index < -0.39 is 0 Å². The Balaban J connectivity index is 1.32. The maximum Gasteiger partial charge on any atom is 0.264 e. The lowest BCUT2D eigenvalue weighted by atomic mass is 9.88. The third kappa shape index (κ3) is 7.93. The molecule has 0 N–H and O–H groups in total. The van der Waals surface area contributed by atoms with Gasteiger partial charge in [0.05, 0.1) is 25.8 Å². The van der Waals surface area contributed by atoms with E-state index in [4.69, 9.17) is 9.47 Å². The molecule has 0 spiro atoms. The summed E-state index contributed by atoms with van der Waals surface area (Å²) < 4.78 is 13.6. The van der Waals surface area contributed by atoms with Gasteiger partial charge in [0.15, 0.2) is 0 Å². The zero-order chi connectivity index (χ0) is 37.2. The zero-order valence-electron chi connectivity index (χ0n) is 32.2. The van der Waals surface area contributed by atoms with E-state index >= 15 is 0 Å². The van der Waals surface area contributed by atoms with Crippen molar-refractivity contribution < 1.29 is 14.3 Å². The van der Waals surface area contributed by atoms with Crippen molar-refractivity contribution in [3.63, 3.8) is 0 Å². The van der Waals surface area contributed by atoms with Gasteiger partial charge < -0.3 is 18.9 Å². The number of aryl methyl sites for hydroxylation is 1. The smallest absolute Gasteiger partial charge is 0.264 e. The summed E-state index contributed by atoms with van der Waals surface area (Å²) in [5, 5.41) is 9.78. The fourth-order valence-corrected chi connectivity index (χ4v) is 7.80. The van der Waals surface area contributed by atoms with Gasteiger partial charge in [0, 0.05) is 69.7 Å². The largest absolute Gasteiger partial charge is 0.496 e. The van der Waals surface area contributed by atoms with Crippen LogP contribution in [0.1, 0.15) is 80.5 Å². The summed E-state index contributed by atoms with van der Waals surface area (Å²) >= 11 is 0. The second-order valence-electron chi connectivity index (χ2n) is 15.3. The molecule has 51 heavy (non-hydrogen) atoms. The Bertz CT molecular complexity index is 1890. The van der Waals surface area contributed by atoms with Crippen LogP contribution in [0, 0.1) is 30.6 Å². The Morgan fingerprint density at radius 2 is 1.73 bits per heavy atom. The highest BCUT2D eigenvalue weighted by molar-refractivity contribution is 5.97. The van der Waals surface area contributed by atoms with E-state index in [1.54, 1.807) is 31.9 Å². The number of piperazine rings is 1. The van der Waals surface area contributed by atoms with Gasteiger partial charge in [-0.2, -0.15) is 5.26 Å². The molecule has 0 radical (unpaired) electrons. The van der Waals surface area contributed by atoms with Crippen LogP contribution >= 0.6 is 0 Å². The van der Waals surface area contributed by atoms with Gasteiger partial charge in [0.25, 0.3) is 11.5 Å². The number of nitriles is 1. The first-order valence-electron chi connectivity index (χ1n) is 18.1.